The minimum Gasteiger partial charge on any atom is -0.495 e. The van der Waals surface area contributed by atoms with Gasteiger partial charge in [0.05, 0.1) is 17.7 Å². The van der Waals surface area contributed by atoms with Gasteiger partial charge in [0.25, 0.3) is 15.9 Å². The van der Waals surface area contributed by atoms with Crippen LogP contribution in [0, 0.1) is 5.82 Å². The fourth-order valence-corrected chi connectivity index (χ4v) is 3.59. The number of amides is 1. The largest absolute Gasteiger partial charge is 0.495 e. The molecule has 0 aliphatic carbocycles. The van der Waals surface area contributed by atoms with Crippen molar-refractivity contribution in [2.75, 3.05) is 17.1 Å². The highest BCUT2D eigenvalue weighted by Crippen LogP contribution is 2.27. The van der Waals surface area contributed by atoms with Gasteiger partial charge in [-0.15, -0.1) is 0 Å². The van der Waals surface area contributed by atoms with Crippen molar-refractivity contribution < 1.29 is 22.3 Å². The lowest BCUT2D eigenvalue weighted by molar-refractivity contribution is 0.102. The van der Waals surface area contributed by atoms with Crippen LogP contribution in [0.3, 0.4) is 0 Å². The molecular weight excluding hydrogens is 383 g/mol. The molecule has 1 amide bonds. The van der Waals surface area contributed by atoms with Crippen molar-refractivity contribution in [3.05, 3.63) is 84.2 Å². The summed E-state index contributed by atoms with van der Waals surface area (Å²) in [5.41, 5.74) is 0.838. The van der Waals surface area contributed by atoms with E-state index < -0.39 is 21.7 Å². The highest BCUT2D eigenvalue weighted by molar-refractivity contribution is 7.92. The quantitative estimate of drug-likeness (QED) is 0.658. The fourth-order valence-electron chi connectivity index (χ4n) is 2.48. The van der Waals surface area contributed by atoms with E-state index in [0.717, 1.165) is 0 Å². The Morgan fingerprint density at radius 2 is 1.68 bits per heavy atom. The van der Waals surface area contributed by atoms with Gasteiger partial charge in [0, 0.05) is 11.3 Å². The van der Waals surface area contributed by atoms with E-state index in [1.54, 1.807) is 30.3 Å². The second-order valence-electron chi connectivity index (χ2n) is 5.79. The summed E-state index contributed by atoms with van der Waals surface area (Å²) in [5.74, 6) is -0.550. The predicted molar refractivity (Wildman–Crippen MR) is 105 cm³/mol. The highest BCUT2D eigenvalue weighted by atomic mass is 32.2. The molecule has 3 rings (SSSR count). The summed E-state index contributed by atoms with van der Waals surface area (Å²) in [5, 5.41) is 2.60. The van der Waals surface area contributed by atoms with Crippen LogP contribution in [0.5, 0.6) is 5.75 Å². The Hall–Kier alpha value is -3.39. The number of benzene rings is 3. The van der Waals surface area contributed by atoms with Crippen LogP contribution < -0.4 is 14.8 Å². The molecule has 0 saturated heterocycles. The summed E-state index contributed by atoms with van der Waals surface area (Å²) in [6.45, 7) is 0. The van der Waals surface area contributed by atoms with Crippen LogP contribution in [0.4, 0.5) is 15.8 Å². The number of para-hydroxylation sites is 2. The molecule has 2 N–H and O–H groups in total. The van der Waals surface area contributed by atoms with E-state index >= 15 is 0 Å². The van der Waals surface area contributed by atoms with E-state index in [0.29, 0.717) is 11.4 Å². The maximum Gasteiger partial charge on any atom is 0.262 e. The monoisotopic (exact) mass is 400 g/mol. The van der Waals surface area contributed by atoms with Gasteiger partial charge in [-0.1, -0.05) is 18.2 Å². The first-order valence-electron chi connectivity index (χ1n) is 8.22. The normalized spacial score (nSPS) is 10.9. The van der Waals surface area contributed by atoms with Crippen molar-refractivity contribution >= 4 is 27.3 Å². The molecule has 8 heteroatoms. The number of nitrogens with one attached hydrogen (secondary N) is 2. The summed E-state index contributed by atoms with van der Waals surface area (Å²) in [7, 11) is -2.46. The van der Waals surface area contributed by atoms with Crippen molar-refractivity contribution in [2.24, 2.45) is 0 Å². The van der Waals surface area contributed by atoms with E-state index in [2.05, 4.69) is 10.0 Å². The van der Waals surface area contributed by atoms with Crippen LogP contribution in [0.1, 0.15) is 10.4 Å². The Morgan fingerprint density at radius 3 is 2.39 bits per heavy atom. The summed E-state index contributed by atoms with van der Waals surface area (Å²) in [4.78, 5) is 12.2. The van der Waals surface area contributed by atoms with Crippen molar-refractivity contribution in [1.29, 1.82) is 0 Å². The molecule has 3 aromatic rings. The average Bonchev–Trinajstić information content (AvgIpc) is 2.69. The number of ether oxygens (including phenoxy) is 1. The lowest BCUT2D eigenvalue weighted by atomic mass is 10.2. The van der Waals surface area contributed by atoms with Crippen LogP contribution >= 0.6 is 0 Å². The van der Waals surface area contributed by atoms with Crippen LogP contribution in [0.25, 0.3) is 0 Å². The third-order valence-electron chi connectivity index (χ3n) is 3.86. The molecule has 0 fully saturated rings. The van der Waals surface area contributed by atoms with Crippen LogP contribution in [-0.2, 0) is 10.0 Å². The Morgan fingerprint density at radius 1 is 0.964 bits per heavy atom. The molecule has 28 heavy (non-hydrogen) atoms. The molecule has 0 atom stereocenters. The Balaban J connectivity index is 1.82. The lowest BCUT2D eigenvalue weighted by Crippen LogP contribution is -2.15. The Labute approximate surface area is 162 Å². The summed E-state index contributed by atoms with van der Waals surface area (Å²) in [6.07, 6.45) is 0. The number of anilines is 2. The lowest BCUT2D eigenvalue weighted by Gasteiger charge is -2.12. The minimum absolute atomic E-state index is 0.0321. The molecule has 0 saturated carbocycles. The molecule has 0 bridgehead atoms. The van der Waals surface area contributed by atoms with E-state index in [-0.39, 0.29) is 16.1 Å². The van der Waals surface area contributed by atoms with Crippen molar-refractivity contribution in [3.8, 4) is 5.75 Å². The first-order valence-corrected chi connectivity index (χ1v) is 9.70. The molecule has 0 aliphatic heterocycles. The number of hydrogen-bond donors (Lipinski definition) is 2. The predicted octanol–water partition coefficient (Wildman–Crippen LogP) is 3.89. The third-order valence-corrected chi connectivity index (χ3v) is 5.22. The highest BCUT2D eigenvalue weighted by Gasteiger charge is 2.17. The molecule has 3 aromatic carbocycles. The van der Waals surface area contributed by atoms with E-state index in [9.17, 15) is 17.6 Å². The number of methoxy groups -OCH3 is 1. The molecule has 0 heterocycles. The van der Waals surface area contributed by atoms with Gasteiger partial charge in [0.1, 0.15) is 11.6 Å². The number of carbonyl (C=O) groups excluding carboxylic acids is 1. The molecule has 0 radical (unpaired) electrons. The van der Waals surface area contributed by atoms with Gasteiger partial charge in [0.15, 0.2) is 0 Å². The van der Waals surface area contributed by atoms with Gasteiger partial charge >= 0.3 is 0 Å². The van der Waals surface area contributed by atoms with Crippen molar-refractivity contribution in [3.63, 3.8) is 0 Å². The molecule has 0 aromatic heterocycles. The second-order valence-corrected chi connectivity index (χ2v) is 7.48. The van der Waals surface area contributed by atoms with Crippen molar-refractivity contribution in [2.45, 2.75) is 4.90 Å². The van der Waals surface area contributed by atoms with Gasteiger partial charge in [0.2, 0.25) is 0 Å². The maximum atomic E-state index is 13.0. The Bertz CT molecular complexity index is 1100. The molecule has 0 unspecified atom stereocenters. The van der Waals surface area contributed by atoms with E-state index in [1.807, 2.05) is 0 Å². The molecule has 144 valence electrons. The zero-order valence-corrected chi connectivity index (χ0v) is 15.7. The number of rotatable bonds is 6. The zero-order chi connectivity index (χ0) is 20.1. The first-order chi connectivity index (χ1) is 13.4. The maximum absolute atomic E-state index is 13.0. The second kappa shape index (κ2) is 8.10. The van der Waals surface area contributed by atoms with Gasteiger partial charge in [-0.3, -0.25) is 9.52 Å². The first kappa shape index (κ1) is 19.4. The summed E-state index contributed by atoms with van der Waals surface area (Å²) in [6, 6.07) is 17.5. The van der Waals surface area contributed by atoms with E-state index in [1.165, 1.54) is 49.6 Å². The zero-order valence-electron chi connectivity index (χ0n) is 14.8. The average molecular weight is 400 g/mol. The topological polar surface area (TPSA) is 84.5 Å². The SMILES string of the molecule is COc1ccccc1NS(=O)(=O)c1cccc(NC(=O)c2ccc(F)cc2)c1. The minimum atomic E-state index is -3.91. The van der Waals surface area contributed by atoms with Crippen LogP contribution in [-0.4, -0.2) is 21.4 Å². The van der Waals surface area contributed by atoms with E-state index in [4.69, 9.17) is 4.74 Å². The van der Waals surface area contributed by atoms with Crippen LogP contribution in [0.15, 0.2) is 77.7 Å². The van der Waals surface area contributed by atoms with Gasteiger partial charge in [-0.25, -0.2) is 12.8 Å². The Kier molecular flexibility index (Phi) is 5.60. The smallest absolute Gasteiger partial charge is 0.262 e. The number of carbonyl (C=O) groups is 1. The van der Waals surface area contributed by atoms with Crippen LogP contribution in [0.2, 0.25) is 0 Å². The van der Waals surface area contributed by atoms with Gasteiger partial charge in [-0.05, 0) is 54.6 Å². The van der Waals surface area contributed by atoms with Crippen molar-refractivity contribution in [1.82, 2.24) is 0 Å². The number of hydrogen-bond acceptors (Lipinski definition) is 4. The number of sulfonamides is 1. The summed E-state index contributed by atoms with van der Waals surface area (Å²) < 4.78 is 46.0. The molecular formula is C20H17FN2O4S. The molecule has 6 nitrogen and oxygen atoms in total. The summed E-state index contributed by atoms with van der Waals surface area (Å²) >= 11 is 0. The van der Waals surface area contributed by atoms with Gasteiger partial charge < -0.3 is 10.1 Å². The molecule has 0 aliphatic rings. The molecule has 0 spiro atoms. The third kappa shape index (κ3) is 4.47. The fraction of sp³-hybridized carbons (Fsp3) is 0.0500. The number of halogens is 1. The van der Waals surface area contributed by atoms with Gasteiger partial charge in [-0.2, -0.15) is 0 Å². The standard InChI is InChI=1S/C20H17FN2O4S/c1-27-19-8-3-2-7-18(19)23-28(25,26)17-6-4-5-16(13-17)22-20(24)14-9-11-15(21)12-10-14/h2-13,23H,1H3,(H,22,24).